The molecule has 0 aliphatic heterocycles. The number of aliphatic hydroxyl groups is 1. The van der Waals surface area contributed by atoms with Crippen LogP contribution in [-0.2, 0) is 14.8 Å². The number of carboxylic acid groups (broad SMARTS) is 1. The molecule has 0 amide bonds. The van der Waals surface area contributed by atoms with Gasteiger partial charge in [0.05, 0.1) is 11.5 Å². The van der Waals surface area contributed by atoms with Gasteiger partial charge in [0.1, 0.15) is 11.9 Å². The van der Waals surface area contributed by atoms with Crippen molar-refractivity contribution in [1.29, 1.82) is 0 Å². The molecule has 0 bridgehead atoms. The Hall–Kier alpha value is -1.51. The van der Waals surface area contributed by atoms with Gasteiger partial charge in [-0.15, -0.1) is 0 Å². The second-order valence-corrected chi connectivity index (χ2v) is 4.86. The molecular weight excluding hydrogens is 253 g/mol. The van der Waals surface area contributed by atoms with Crippen LogP contribution >= 0.6 is 0 Å². The first-order chi connectivity index (χ1) is 7.86. The fraction of sp³-hybridized carbons (Fsp3) is 0.222. The van der Waals surface area contributed by atoms with E-state index in [0.717, 1.165) is 24.3 Å². The minimum atomic E-state index is -4.09. The van der Waals surface area contributed by atoms with Crippen molar-refractivity contribution in [2.75, 3.05) is 6.61 Å². The fourth-order valence-electron chi connectivity index (χ4n) is 1.03. The first kappa shape index (κ1) is 13.6. The third kappa shape index (κ3) is 3.48. The molecule has 8 heteroatoms. The third-order valence-electron chi connectivity index (χ3n) is 1.90. The Morgan fingerprint density at radius 2 is 1.88 bits per heavy atom. The lowest BCUT2D eigenvalue weighted by molar-refractivity contribution is -0.139. The van der Waals surface area contributed by atoms with Gasteiger partial charge >= 0.3 is 5.97 Å². The molecule has 1 aromatic rings. The predicted molar refractivity (Wildman–Crippen MR) is 55.2 cm³/mol. The van der Waals surface area contributed by atoms with Crippen LogP contribution in [0, 0.1) is 5.82 Å². The summed E-state index contributed by atoms with van der Waals surface area (Å²) in [5.74, 6) is -2.11. The smallest absolute Gasteiger partial charge is 0.324 e. The van der Waals surface area contributed by atoms with Gasteiger partial charge in [-0.25, -0.2) is 12.8 Å². The molecule has 1 aromatic carbocycles. The minimum absolute atomic E-state index is 0.279. The highest BCUT2D eigenvalue weighted by Gasteiger charge is 2.24. The van der Waals surface area contributed by atoms with Gasteiger partial charge in [-0.05, 0) is 24.3 Å². The van der Waals surface area contributed by atoms with Gasteiger partial charge in [-0.3, -0.25) is 4.79 Å². The summed E-state index contributed by atoms with van der Waals surface area (Å²) in [7, 11) is -4.09. The highest BCUT2D eigenvalue weighted by Crippen LogP contribution is 2.10. The molecule has 3 N–H and O–H groups in total. The first-order valence-electron chi connectivity index (χ1n) is 4.48. The third-order valence-corrected chi connectivity index (χ3v) is 3.39. The number of halogens is 1. The molecule has 94 valence electrons. The SMILES string of the molecule is O=C(O)[C@@H](CO)NS(=O)(=O)c1ccc(F)cc1. The summed E-state index contributed by atoms with van der Waals surface area (Å²) >= 11 is 0. The Morgan fingerprint density at radius 3 is 2.29 bits per heavy atom. The zero-order valence-electron chi connectivity index (χ0n) is 8.50. The minimum Gasteiger partial charge on any atom is -0.480 e. The number of aliphatic hydroxyl groups excluding tert-OH is 1. The zero-order valence-corrected chi connectivity index (χ0v) is 9.32. The number of rotatable bonds is 5. The molecule has 1 atom stereocenters. The van der Waals surface area contributed by atoms with Gasteiger partial charge in [0.25, 0.3) is 0 Å². The van der Waals surface area contributed by atoms with Crippen LogP contribution in [0.15, 0.2) is 29.2 Å². The van der Waals surface area contributed by atoms with Crippen molar-refractivity contribution in [2.24, 2.45) is 0 Å². The van der Waals surface area contributed by atoms with Gasteiger partial charge in [0.2, 0.25) is 10.0 Å². The van der Waals surface area contributed by atoms with Crippen LogP contribution in [0.3, 0.4) is 0 Å². The Bertz CT molecular complexity index is 499. The van der Waals surface area contributed by atoms with E-state index in [1.54, 1.807) is 4.72 Å². The normalized spacial score (nSPS) is 13.3. The van der Waals surface area contributed by atoms with E-state index in [9.17, 15) is 17.6 Å². The van der Waals surface area contributed by atoms with E-state index in [0.29, 0.717) is 0 Å². The summed E-state index contributed by atoms with van der Waals surface area (Å²) in [6, 6.07) is 2.22. The number of aliphatic carboxylic acids is 1. The van der Waals surface area contributed by atoms with E-state index in [1.807, 2.05) is 0 Å². The number of nitrogens with one attached hydrogen (secondary N) is 1. The topological polar surface area (TPSA) is 104 Å². The van der Waals surface area contributed by atoms with Crippen molar-refractivity contribution < 1.29 is 27.8 Å². The Kier molecular flexibility index (Phi) is 4.16. The summed E-state index contributed by atoms with van der Waals surface area (Å²) < 4.78 is 37.6. The molecular formula is C9H10FNO5S. The summed E-state index contributed by atoms with van der Waals surface area (Å²) in [4.78, 5) is 10.3. The van der Waals surface area contributed by atoms with E-state index in [-0.39, 0.29) is 4.90 Å². The highest BCUT2D eigenvalue weighted by atomic mass is 32.2. The number of carbonyl (C=O) groups is 1. The summed E-state index contributed by atoms with van der Waals surface area (Å²) in [5.41, 5.74) is 0. The van der Waals surface area contributed by atoms with Crippen molar-refractivity contribution in [3.8, 4) is 0 Å². The van der Waals surface area contributed by atoms with E-state index in [1.165, 1.54) is 0 Å². The van der Waals surface area contributed by atoms with E-state index < -0.39 is 34.5 Å². The molecule has 0 saturated heterocycles. The Morgan fingerprint density at radius 1 is 1.35 bits per heavy atom. The standard InChI is InChI=1S/C9H10FNO5S/c10-6-1-3-7(4-2-6)17(15,16)11-8(5-12)9(13)14/h1-4,8,11-12H,5H2,(H,13,14)/t8-/m1/s1. The van der Waals surface area contributed by atoms with Crippen molar-refractivity contribution in [1.82, 2.24) is 4.72 Å². The predicted octanol–water partition coefficient (Wildman–Crippen LogP) is -0.451. The number of hydrogen-bond acceptors (Lipinski definition) is 4. The molecule has 0 fully saturated rings. The lowest BCUT2D eigenvalue weighted by atomic mass is 10.3. The maximum absolute atomic E-state index is 12.6. The van der Waals surface area contributed by atoms with Gasteiger partial charge in [0.15, 0.2) is 0 Å². The van der Waals surface area contributed by atoms with E-state index >= 15 is 0 Å². The summed E-state index contributed by atoms with van der Waals surface area (Å²) in [5, 5.41) is 17.3. The van der Waals surface area contributed by atoms with Gasteiger partial charge in [-0.1, -0.05) is 0 Å². The molecule has 0 radical (unpaired) electrons. The largest absolute Gasteiger partial charge is 0.480 e. The molecule has 6 nitrogen and oxygen atoms in total. The first-order valence-corrected chi connectivity index (χ1v) is 5.96. The van der Waals surface area contributed by atoms with Gasteiger partial charge in [-0.2, -0.15) is 4.72 Å². The van der Waals surface area contributed by atoms with E-state index in [4.69, 9.17) is 10.2 Å². The summed E-state index contributed by atoms with van der Waals surface area (Å²) in [6.45, 7) is -0.879. The van der Waals surface area contributed by atoms with Crippen molar-refractivity contribution in [3.05, 3.63) is 30.1 Å². The molecule has 0 saturated carbocycles. The molecule has 1 rings (SSSR count). The lowest BCUT2D eigenvalue weighted by Gasteiger charge is -2.11. The van der Waals surface area contributed by atoms with Crippen LogP contribution in [0.2, 0.25) is 0 Å². The average Bonchev–Trinajstić information content (AvgIpc) is 2.26. The van der Waals surface area contributed by atoms with Crippen LogP contribution in [0.1, 0.15) is 0 Å². The maximum Gasteiger partial charge on any atom is 0.324 e. The van der Waals surface area contributed by atoms with Crippen molar-refractivity contribution in [2.45, 2.75) is 10.9 Å². The van der Waals surface area contributed by atoms with E-state index in [2.05, 4.69) is 0 Å². The quantitative estimate of drug-likeness (QED) is 0.667. The van der Waals surface area contributed by atoms with Crippen molar-refractivity contribution >= 4 is 16.0 Å². The molecule has 0 unspecified atom stereocenters. The number of sulfonamides is 1. The fourth-order valence-corrected chi connectivity index (χ4v) is 2.22. The molecule has 0 heterocycles. The Balaban J connectivity index is 2.96. The zero-order chi connectivity index (χ0) is 13.1. The van der Waals surface area contributed by atoms with Gasteiger partial charge < -0.3 is 10.2 Å². The lowest BCUT2D eigenvalue weighted by Crippen LogP contribution is -2.43. The second-order valence-electron chi connectivity index (χ2n) is 3.15. The maximum atomic E-state index is 12.6. The monoisotopic (exact) mass is 263 g/mol. The van der Waals surface area contributed by atoms with Crippen LogP contribution in [0.25, 0.3) is 0 Å². The van der Waals surface area contributed by atoms with Gasteiger partial charge in [0, 0.05) is 0 Å². The number of benzene rings is 1. The van der Waals surface area contributed by atoms with Crippen LogP contribution in [-0.4, -0.2) is 37.2 Å². The summed E-state index contributed by atoms with van der Waals surface area (Å²) in [6.07, 6.45) is 0. The highest BCUT2D eigenvalue weighted by molar-refractivity contribution is 7.89. The van der Waals surface area contributed by atoms with Crippen LogP contribution in [0.4, 0.5) is 4.39 Å². The molecule has 0 spiro atoms. The molecule has 0 aliphatic carbocycles. The average molecular weight is 263 g/mol. The second kappa shape index (κ2) is 5.21. The number of hydrogen-bond donors (Lipinski definition) is 3. The molecule has 0 aromatic heterocycles. The van der Waals surface area contributed by atoms with Crippen LogP contribution < -0.4 is 4.72 Å². The number of carboxylic acids is 1. The Labute approximate surface area is 96.8 Å². The molecule has 0 aliphatic rings. The van der Waals surface area contributed by atoms with Crippen LogP contribution in [0.5, 0.6) is 0 Å². The molecule has 17 heavy (non-hydrogen) atoms. The van der Waals surface area contributed by atoms with Crippen molar-refractivity contribution in [3.63, 3.8) is 0 Å².